The van der Waals surface area contributed by atoms with Gasteiger partial charge in [0.05, 0.1) is 12.6 Å². The quantitative estimate of drug-likeness (QED) is 0.697. The van der Waals surface area contributed by atoms with Crippen molar-refractivity contribution in [2.24, 2.45) is 0 Å². The summed E-state index contributed by atoms with van der Waals surface area (Å²) in [6.45, 7) is 1.70. The molecule has 0 radical (unpaired) electrons. The largest absolute Gasteiger partial charge is 0.394 e. The van der Waals surface area contributed by atoms with Crippen LogP contribution in [-0.4, -0.2) is 16.6 Å². The van der Waals surface area contributed by atoms with Gasteiger partial charge in [-0.1, -0.05) is 91.0 Å². The third-order valence-electron chi connectivity index (χ3n) is 4.26. The molecule has 0 unspecified atom stereocenters. The number of hydrogen-bond donors (Lipinski definition) is 1. The molecule has 3 aromatic carbocycles. The van der Waals surface area contributed by atoms with Crippen LogP contribution >= 0.6 is 0 Å². The summed E-state index contributed by atoms with van der Waals surface area (Å²) in [6.07, 6.45) is 0. The summed E-state index contributed by atoms with van der Waals surface area (Å²) in [6, 6.07) is 31.1. The minimum atomic E-state index is -0.0217. The van der Waals surface area contributed by atoms with E-state index < -0.39 is 0 Å². The Labute approximate surface area is 144 Å². The summed E-state index contributed by atoms with van der Waals surface area (Å²) in [5, 5.41) is 10.1. The standard InChI is InChI=1S/C22H23NO/c24-18-22(21-14-8-3-9-15-21)23(16-19-10-4-1-5-11-19)17-20-12-6-2-7-13-20/h1-15,22,24H,16-18H2/t22-/m1/s1. The lowest BCUT2D eigenvalue weighted by Crippen LogP contribution is -2.30. The van der Waals surface area contributed by atoms with Crippen LogP contribution in [0, 0.1) is 0 Å². The first-order valence-corrected chi connectivity index (χ1v) is 8.34. The summed E-state index contributed by atoms with van der Waals surface area (Å²) in [4.78, 5) is 2.33. The lowest BCUT2D eigenvalue weighted by molar-refractivity contribution is 0.110. The smallest absolute Gasteiger partial charge is 0.0628 e. The zero-order valence-corrected chi connectivity index (χ0v) is 13.8. The van der Waals surface area contributed by atoms with E-state index >= 15 is 0 Å². The van der Waals surface area contributed by atoms with Crippen molar-refractivity contribution in [2.75, 3.05) is 6.61 Å². The van der Waals surface area contributed by atoms with E-state index in [1.807, 2.05) is 30.3 Å². The predicted molar refractivity (Wildman–Crippen MR) is 98.4 cm³/mol. The van der Waals surface area contributed by atoms with E-state index in [2.05, 4.69) is 65.6 Å². The van der Waals surface area contributed by atoms with Crippen molar-refractivity contribution in [3.05, 3.63) is 108 Å². The second-order valence-corrected chi connectivity index (χ2v) is 5.99. The summed E-state index contributed by atoms with van der Waals surface area (Å²) >= 11 is 0. The van der Waals surface area contributed by atoms with Gasteiger partial charge in [-0.2, -0.15) is 0 Å². The molecule has 122 valence electrons. The Bertz CT molecular complexity index is 671. The van der Waals surface area contributed by atoms with Crippen LogP contribution in [0.15, 0.2) is 91.0 Å². The minimum Gasteiger partial charge on any atom is -0.394 e. The van der Waals surface area contributed by atoms with Gasteiger partial charge in [0.25, 0.3) is 0 Å². The van der Waals surface area contributed by atoms with Crippen LogP contribution in [0.25, 0.3) is 0 Å². The first-order valence-electron chi connectivity index (χ1n) is 8.34. The van der Waals surface area contributed by atoms with Gasteiger partial charge in [-0.15, -0.1) is 0 Å². The highest BCUT2D eigenvalue weighted by molar-refractivity contribution is 5.22. The van der Waals surface area contributed by atoms with Gasteiger partial charge in [0.2, 0.25) is 0 Å². The maximum Gasteiger partial charge on any atom is 0.0628 e. The molecule has 0 spiro atoms. The highest BCUT2D eigenvalue weighted by Gasteiger charge is 2.20. The minimum absolute atomic E-state index is 0.0217. The zero-order chi connectivity index (χ0) is 16.6. The van der Waals surface area contributed by atoms with Gasteiger partial charge in [0.15, 0.2) is 0 Å². The molecule has 0 aromatic heterocycles. The predicted octanol–water partition coefficient (Wildman–Crippen LogP) is 4.42. The molecular formula is C22H23NO. The molecule has 0 saturated carbocycles. The Morgan fingerprint density at radius 3 is 1.46 bits per heavy atom. The monoisotopic (exact) mass is 317 g/mol. The van der Waals surface area contributed by atoms with Crippen LogP contribution in [0.3, 0.4) is 0 Å². The molecule has 2 nitrogen and oxygen atoms in total. The van der Waals surface area contributed by atoms with Crippen LogP contribution < -0.4 is 0 Å². The van der Waals surface area contributed by atoms with Gasteiger partial charge >= 0.3 is 0 Å². The van der Waals surface area contributed by atoms with E-state index in [9.17, 15) is 5.11 Å². The van der Waals surface area contributed by atoms with Gasteiger partial charge in [-0.3, -0.25) is 4.90 Å². The Kier molecular flexibility index (Phi) is 5.78. The zero-order valence-electron chi connectivity index (χ0n) is 13.8. The molecule has 0 bridgehead atoms. The summed E-state index contributed by atoms with van der Waals surface area (Å²) in [5.74, 6) is 0. The molecule has 3 aromatic rings. The number of hydrogen-bond acceptors (Lipinski definition) is 2. The number of rotatable bonds is 7. The molecular weight excluding hydrogens is 294 g/mol. The van der Waals surface area contributed by atoms with Crippen LogP contribution in [0.2, 0.25) is 0 Å². The van der Waals surface area contributed by atoms with Crippen molar-refractivity contribution in [1.29, 1.82) is 0 Å². The van der Waals surface area contributed by atoms with Crippen LogP contribution in [-0.2, 0) is 13.1 Å². The molecule has 0 aliphatic rings. The third-order valence-corrected chi connectivity index (χ3v) is 4.26. The maximum absolute atomic E-state index is 10.1. The van der Waals surface area contributed by atoms with Crippen molar-refractivity contribution in [1.82, 2.24) is 4.90 Å². The van der Waals surface area contributed by atoms with Crippen molar-refractivity contribution >= 4 is 0 Å². The molecule has 0 aliphatic carbocycles. The van der Waals surface area contributed by atoms with E-state index in [0.29, 0.717) is 0 Å². The Morgan fingerprint density at radius 2 is 1.04 bits per heavy atom. The molecule has 24 heavy (non-hydrogen) atoms. The fourth-order valence-electron chi connectivity index (χ4n) is 3.02. The topological polar surface area (TPSA) is 23.5 Å². The molecule has 0 heterocycles. The van der Waals surface area contributed by atoms with E-state index in [1.54, 1.807) is 0 Å². The lowest BCUT2D eigenvalue weighted by atomic mass is 10.0. The van der Waals surface area contributed by atoms with Crippen molar-refractivity contribution in [3.8, 4) is 0 Å². The van der Waals surface area contributed by atoms with Crippen molar-refractivity contribution in [3.63, 3.8) is 0 Å². The Balaban J connectivity index is 1.88. The number of aliphatic hydroxyl groups excluding tert-OH is 1. The molecule has 0 amide bonds. The SMILES string of the molecule is OC[C@H](c1ccccc1)N(Cc1ccccc1)Cc1ccccc1. The Hall–Kier alpha value is -2.42. The molecule has 0 saturated heterocycles. The summed E-state index contributed by atoms with van der Waals surface area (Å²) in [7, 11) is 0. The number of nitrogens with zero attached hydrogens (tertiary/aromatic N) is 1. The highest BCUT2D eigenvalue weighted by atomic mass is 16.3. The van der Waals surface area contributed by atoms with E-state index in [4.69, 9.17) is 0 Å². The molecule has 2 heteroatoms. The fourth-order valence-corrected chi connectivity index (χ4v) is 3.02. The van der Waals surface area contributed by atoms with Crippen LogP contribution in [0.5, 0.6) is 0 Å². The van der Waals surface area contributed by atoms with Crippen molar-refractivity contribution in [2.45, 2.75) is 19.1 Å². The van der Waals surface area contributed by atoms with Gasteiger partial charge in [0.1, 0.15) is 0 Å². The second-order valence-electron chi connectivity index (χ2n) is 5.99. The molecule has 3 rings (SSSR count). The summed E-state index contributed by atoms with van der Waals surface area (Å²) < 4.78 is 0. The maximum atomic E-state index is 10.1. The molecule has 1 atom stereocenters. The fraction of sp³-hybridized carbons (Fsp3) is 0.182. The summed E-state index contributed by atoms with van der Waals surface area (Å²) in [5.41, 5.74) is 3.65. The first-order chi connectivity index (χ1) is 11.9. The highest BCUT2D eigenvalue weighted by Crippen LogP contribution is 2.24. The van der Waals surface area contributed by atoms with Gasteiger partial charge in [-0.05, 0) is 16.7 Å². The van der Waals surface area contributed by atoms with Gasteiger partial charge in [-0.25, -0.2) is 0 Å². The average molecular weight is 317 g/mol. The van der Waals surface area contributed by atoms with Crippen LogP contribution in [0.4, 0.5) is 0 Å². The normalized spacial score (nSPS) is 12.2. The molecule has 1 N–H and O–H groups in total. The Morgan fingerprint density at radius 1 is 0.625 bits per heavy atom. The molecule has 0 fully saturated rings. The van der Waals surface area contributed by atoms with Gasteiger partial charge in [0, 0.05) is 13.1 Å². The first kappa shape index (κ1) is 16.4. The number of benzene rings is 3. The molecule has 0 aliphatic heterocycles. The van der Waals surface area contributed by atoms with Crippen molar-refractivity contribution < 1.29 is 5.11 Å². The second kappa shape index (κ2) is 8.44. The van der Waals surface area contributed by atoms with Crippen LogP contribution in [0.1, 0.15) is 22.7 Å². The number of aliphatic hydroxyl groups is 1. The van der Waals surface area contributed by atoms with E-state index in [1.165, 1.54) is 11.1 Å². The third kappa shape index (κ3) is 4.31. The van der Waals surface area contributed by atoms with E-state index in [-0.39, 0.29) is 12.6 Å². The van der Waals surface area contributed by atoms with E-state index in [0.717, 1.165) is 18.7 Å². The lowest BCUT2D eigenvalue weighted by Gasteiger charge is -2.31. The average Bonchev–Trinajstić information content (AvgIpc) is 2.65. The van der Waals surface area contributed by atoms with Gasteiger partial charge < -0.3 is 5.11 Å².